The predicted octanol–water partition coefficient (Wildman–Crippen LogP) is 4.25. The molecular weight excluding hydrogens is 156 g/mol. The summed E-state index contributed by atoms with van der Waals surface area (Å²) in [6.07, 6.45) is 3.55. The topological polar surface area (TPSA) is 0 Å². The smallest absolute Gasteiger partial charge is 0.0230 e. The lowest BCUT2D eigenvalue weighted by Crippen LogP contribution is -2.03. The summed E-state index contributed by atoms with van der Waals surface area (Å²) in [5.41, 5.74) is 0.630. The highest BCUT2D eigenvalue weighted by Crippen LogP contribution is 2.21. The van der Waals surface area contributed by atoms with Gasteiger partial charge in [-0.05, 0) is 39.0 Å². The van der Waals surface area contributed by atoms with E-state index in [1.807, 2.05) is 0 Å². The van der Waals surface area contributed by atoms with E-state index in [2.05, 4.69) is 53.4 Å². The average Bonchev–Trinajstić information content (AvgIpc) is 1.81. The van der Waals surface area contributed by atoms with Crippen LogP contribution in [0.4, 0.5) is 0 Å². The molecule has 0 saturated carbocycles. The molecule has 0 radical (unpaired) electrons. The molecule has 76 valence electrons. The lowest BCUT2D eigenvalue weighted by Gasteiger charge is -2.16. The first kappa shape index (κ1) is 12.6. The van der Waals surface area contributed by atoms with Crippen molar-refractivity contribution in [3.05, 3.63) is 0 Å². The van der Waals surface area contributed by atoms with Crippen LogP contribution in [0.5, 0.6) is 0 Å². The Morgan fingerprint density at radius 2 is 1.46 bits per heavy atom. The fourth-order valence-electron chi connectivity index (χ4n) is 1.03. The lowest BCUT2D eigenvalue weighted by atomic mass is 9.90. The maximum absolute atomic E-state index is 3.26. The van der Waals surface area contributed by atoms with Crippen molar-refractivity contribution < 1.29 is 0 Å². The zero-order chi connectivity index (χ0) is 10.5. The van der Waals surface area contributed by atoms with Gasteiger partial charge in [0, 0.05) is 11.8 Å². The third-order valence-corrected chi connectivity index (χ3v) is 1.69. The third-order valence-electron chi connectivity index (χ3n) is 1.69. The summed E-state index contributed by atoms with van der Waals surface area (Å²) in [5.74, 6) is 6.51. The summed E-state index contributed by atoms with van der Waals surface area (Å²) in [6.45, 7) is 13.3. The van der Waals surface area contributed by atoms with Gasteiger partial charge < -0.3 is 0 Å². The van der Waals surface area contributed by atoms with Crippen LogP contribution in [0.1, 0.15) is 60.8 Å². The van der Waals surface area contributed by atoms with E-state index in [1.165, 1.54) is 12.8 Å². The molecule has 0 aromatic rings. The normalized spacial score (nSPS) is 12.2. The van der Waals surface area contributed by atoms with Crippen molar-refractivity contribution in [2.45, 2.75) is 60.8 Å². The first-order valence-electron chi connectivity index (χ1n) is 5.21. The molecule has 0 bridgehead atoms. The summed E-state index contributed by atoms with van der Waals surface area (Å²) in [5, 5.41) is 0. The molecular formula is C13H24. The molecule has 0 aliphatic heterocycles. The van der Waals surface area contributed by atoms with Gasteiger partial charge in [-0.3, -0.25) is 0 Å². The van der Waals surface area contributed by atoms with Crippen LogP contribution in [0.25, 0.3) is 0 Å². The second-order valence-corrected chi connectivity index (χ2v) is 5.97. The Morgan fingerprint density at radius 1 is 0.923 bits per heavy atom. The van der Waals surface area contributed by atoms with Gasteiger partial charge in [-0.15, -0.1) is 5.92 Å². The van der Waals surface area contributed by atoms with Gasteiger partial charge in [0.05, 0.1) is 0 Å². The standard InChI is InChI=1S/C13H24/c1-12(2,3)10-8-7-9-11-13(4,5)6/h7-8,10H2,1-6H3. The van der Waals surface area contributed by atoms with Gasteiger partial charge in [-0.25, -0.2) is 0 Å². The fraction of sp³-hybridized carbons (Fsp3) is 0.846. The van der Waals surface area contributed by atoms with Crippen molar-refractivity contribution >= 4 is 0 Å². The molecule has 0 amide bonds. The van der Waals surface area contributed by atoms with Gasteiger partial charge in [0.2, 0.25) is 0 Å². The van der Waals surface area contributed by atoms with Crippen molar-refractivity contribution in [3.63, 3.8) is 0 Å². The Kier molecular flexibility index (Phi) is 4.54. The Labute approximate surface area is 84.1 Å². The van der Waals surface area contributed by atoms with E-state index < -0.39 is 0 Å². The Hall–Kier alpha value is -0.440. The molecule has 0 heterocycles. The van der Waals surface area contributed by atoms with E-state index in [-0.39, 0.29) is 5.41 Å². The molecule has 0 N–H and O–H groups in total. The number of hydrogen-bond acceptors (Lipinski definition) is 0. The molecule has 0 unspecified atom stereocenters. The van der Waals surface area contributed by atoms with Crippen molar-refractivity contribution in [1.29, 1.82) is 0 Å². The Balaban J connectivity index is 3.62. The van der Waals surface area contributed by atoms with Crippen molar-refractivity contribution in [2.24, 2.45) is 10.8 Å². The molecule has 0 atom stereocenters. The van der Waals surface area contributed by atoms with Crippen LogP contribution >= 0.6 is 0 Å². The minimum absolute atomic E-state index is 0.168. The maximum Gasteiger partial charge on any atom is 0.0230 e. The van der Waals surface area contributed by atoms with E-state index >= 15 is 0 Å². The molecule has 0 saturated heterocycles. The van der Waals surface area contributed by atoms with Crippen LogP contribution in [0.3, 0.4) is 0 Å². The van der Waals surface area contributed by atoms with Gasteiger partial charge in [0.1, 0.15) is 0 Å². The van der Waals surface area contributed by atoms with Crippen LogP contribution in [-0.4, -0.2) is 0 Å². The molecule has 0 aromatic carbocycles. The Morgan fingerprint density at radius 3 is 1.85 bits per heavy atom. The quantitative estimate of drug-likeness (QED) is 0.440. The van der Waals surface area contributed by atoms with Gasteiger partial charge in [-0.2, -0.15) is 0 Å². The summed E-state index contributed by atoms with van der Waals surface area (Å²) < 4.78 is 0. The highest BCUT2D eigenvalue weighted by atomic mass is 14.1. The van der Waals surface area contributed by atoms with E-state index in [1.54, 1.807) is 0 Å². The summed E-state index contributed by atoms with van der Waals surface area (Å²) in [4.78, 5) is 0. The fourth-order valence-corrected chi connectivity index (χ4v) is 1.03. The first-order valence-corrected chi connectivity index (χ1v) is 5.21. The molecule has 0 aliphatic carbocycles. The van der Waals surface area contributed by atoms with Gasteiger partial charge in [-0.1, -0.05) is 26.7 Å². The second kappa shape index (κ2) is 4.70. The van der Waals surface area contributed by atoms with E-state index in [0.29, 0.717) is 5.41 Å². The maximum atomic E-state index is 3.26. The van der Waals surface area contributed by atoms with E-state index in [4.69, 9.17) is 0 Å². The van der Waals surface area contributed by atoms with E-state index in [0.717, 1.165) is 6.42 Å². The van der Waals surface area contributed by atoms with Crippen LogP contribution in [-0.2, 0) is 0 Å². The van der Waals surface area contributed by atoms with E-state index in [9.17, 15) is 0 Å². The Bertz CT molecular complexity index is 187. The molecule has 0 aromatic heterocycles. The molecule has 0 heteroatoms. The highest BCUT2D eigenvalue weighted by Gasteiger charge is 2.08. The molecule has 0 aliphatic rings. The SMILES string of the molecule is CC(C)(C)C#CCCCC(C)(C)C. The number of rotatable bonds is 2. The largest absolute Gasteiger partial charge is 0.103 e. The molecule has 0 nitrogen and oxygen atoms in total. The van der Waals surface area contributed by atoms with Crippen molar-refractivity contribution in [3.8, 4) is 11.8 Å². The van der Waals surface area contributed by atoms with Crippen LogP contribution < -0.4 is 0 Å². The molecule has 0 spiro atoms. The summed E-state index contributed by atoms with van der Waals surface area (Å²) >= 11 is 0. The van der Waals surface area contributed by atoms with Gasteiger partial charge in [0.25, 0.3) is 0 Å². The zero-order valence-corrected chi connectivity index (χ0v) is 10.1. The second-order valence-electron chi connectivity index (χ2n) is 5.97. The minimum Gasteiger partial charge on any atom is -0.103 e. The molecule has 0 rings (SSSR count). The average molecular weight is 180 g/mol. The molecule has 0 fully saturated rings. The number of unbranched alkanes of at least 4 members (excludes halogenated alkanes) is 1. The predicted molar refractivity (Wildman–Crippen MR) is 60.5 cm³/mol. The minimum atomic E-state index is 0.168. The summed E-state index contributed by atoms with van der Waals surface area (Å²) in [7, 11) is 0. The first-order chi connectivity index (χ1) is 5.71. The van der Waals surface area contributed by atoms with Gasteiger partial charge >= 0.3 is 0 Å². The highest BCUT2D eigenvalue weighted by molar-refractivity contribution is 5.06. The van der Waals surface area contributed by atoms with Crippen LogP contribution in [0.2, 0.25) is 0 Å². The zero-order valence-electron chi connectivity index (χ0n) is 10.1. The number of hydrogen-bond donors (Lipinski definition) is 0. The van der Waals surface area contributed by atoms with Crippen LogP contribution in [0, 0.1) is 22.7 Å². The summed E-state index contributed by atoms with van der Waals surface area (Å²) in [6, 6.07) is 0. The van der Waals surface area contributed by atoms with Crippen molar-refractivity contribution in [2.75, 3.05) is 0 Å². The molecule has 13 heavy (non-hydrogen) atoms. The third kappa shape index (κ3) is 11.6. The monoisotopic (exact) mass is 180 g/mol. The van der Waals surface area contributed by atoms with Crippen molar-refractivity contribution in [1.82, 2.24) is 0 Å². The van der Waals surface area contributed by atoms with Crippen LogP contribution in [0.15, 0.2) is 0 Å². The lowest BCUT2D eigenvalue weighted by molar-refractivity contribution is 0.368. The van der Waals surface area contributed by atoms with Gasteiger partial charge in [0.15, 0.2) is 0 Å².